The highest BCUT2D eigenvalue weighted by atomic mass is 16.7. The molecule has 0 atom stereocenters. The summed E-state index contributed by atoms with van der Waals surface area (Å²) in [6, 6.07) is 0. The molecule has 0 aromatic rings. The second kappa shape index (κ2) is 28.9. The van der Waals surface area contributed by atoms with E-state index in [1.54, 1.807) is 0 Å². The van der Waals surface area contributed by atoms with E-state index in [4.69, 9.17) is 38.3 Å². The zero-order valence-electron chi connectivity index (χ0n) is 54.7. The van der Waals surface area contributed by atoms with Crippen LogP contribution in [-0.4, -0.2) is 138 Å². The Morgan fingerprint density at radius 2 is 0.544 bits per heavy atom. The Bertz CT molecular complexity index is 1780. The minimum atomic E-state index is -0.354. The molecule has 16 heteroatoms. The summed E-state index contributed by atoms with van der Waals surface area (Å²) >= 11 is 0. The van der Waals surface area contributed by atoms with Crippen LogP contribution >= 0.6 is 0 Å². The molecule has 16 nitrogen and oxygen atoms in total. The van der Waals surface area contributed by atoms with E-state index < -0.39 is 0 Å². The first kappa shape index (κ1) is 70.8. The molecule has 0 bridgehead atoms. The number of esters is 4. The smallest absolute Gasteiger partial charge is 0.306 e. The van der Waals surface area contributed by atoms with Crippen molar-refractivity contribution < 1.29 is 57.5 Å². The number of piperidine rings is 4. The highest BCUT2D eigenvalue weighted by Crippen LogP contribution is 2.45. The van der Waals surface area contributed by atoms with Crippen LogP contribution in [0.2, 0.25) is 0 Å². The van der Waals surface area contributed by atoms with Crippen molar-refractivity contribution in [3.8, 4) is 0 Å². The molecule has 4 heterocycles. The van der Waals surface area contributed by atoms with Crippen LogP contribution in [0, 0.1) is 5.92 Å². The van der Waals surface area contributed by atoms with Crippen LogP contribution in [0.3, 0.4) is 0 Å². The van der Waals surface area contributed by atoms with Gasteiger partial charge < -0.3 is 18.9 Å². The summed E-state index contributed by atoms with van der Waals surface area (Å²) in [7, 11) is 0. The second-order valence-corrected chi connectivity index (χ2v) is 29.9. The van der Waals surface area contributed by atoms with Gasteiger partial charge in [-0.3, -0.25) is 38.5 Å². The fraction of sp³-hybridized carbons (Fsp3) is 0.937. The van der Waals surface area contributed by atoms with Crippen LogP contribution in [-0.2, 0) is 57.5 Å². The predicted octanol–water partition coefficient (Wildman–Crippen LogP) is 13.7. The fourth-order valence-corrected chi connectivity index (χ4v) is 13.8. The highest BCUT2D eigenvalue weighted by molar-refractivity contribution is 5.77. The first-order valence-electron chi connectivity index (χ1n) is 30.6. The lowest BCUT2D eigenvalue weighted by Gasteiger charge is -2.54. The Labute approximate surface area is 481 Å². The zero-order chi connectivity index (χ0) is 60.3. The monoisotopic (exact) mass is 1120 g/mol. The van der Waals surface area contributed by atoms with E-state index in [0.717, 1.165) is 77.0 Å². The Kier molecular flexibility index (Phi) is 25.9. The number of hydroxylamine groups is 8. The zero-order valence-corrected chi connectivity index (χ0v) is 54.7. The van der Waals surface area contributed by atoms with Crippen LogP contribution in [0.15, 0.2) is 0 Å². The molecule has 0 aromatic heterocycles. The summed E-state index contributed by atoms with van der Waals surface area (Å²) in [5.74, 6) is -0.667. The first-order chi connectivity index (χ1) is 36.0. The van der Waals surface area contributed by atoms with E-state index >= 15 is 0 Å². The highest BCUT2D eigenvalue weighted by Gasteiger charge is 2.51. The molecular weight excluding hydrogens is 1000 g/mol. The van der Waals surface area contributed by atoms with Gasteiger partial charge in [0.2, 0.25) is 0 Å². The third-order valence-corrected chi connectivity index (χ3v) is 15.5. The molecule has 0 saturated carbocycles. The third kappa shape index (κ3) is 22.6. The molecule has 4 aliphatic rings. The maximum absolute atomic E-state index is 12.6. The van der Waals surface area contributed by atoms with Gasteiger partial charge in [-0.2, -0.15) is 20.3 Å². The van der Waals surface area contributed by atoms with Crippen molar-refractivity contribution >= 4 is 23.9 Å². The summed E-state index contributed by atoms with van der Waals surface area (Å²) in [5, 5.41) is 8.36. The van der Waals surface area contributed by atoms with Crippen molar-refractivity contribution in [1.82, 2.24) is 20.3 Å². The van der Waals surface area contributed by atoms with Gasteiger partial charge in [0.1, 0.15) is 18.3 Å². The molecule has 4 rings (SSSR count). The van der Waals surface area contributed by atoms with E-state index in [2.05, 4.69) is 126 Å². The summed E-state index contributed by atoms with van der Waals surface area (Å²) < 4.78 is 23.3. The molecule has 4 fully saturated rings. The van der Waals surface area contributed by atoms with E-state index in [1.807, 2.05) is 60.5 Å². The molecule has 0 spiro atoms. The van der Waals surface area contributed by atoms with E-state index in [-0.39, 0.29) is 130 Å². The lowest BCUT2D eigenvalue weighted by atomic mass is 9.75. The minimum Gasteiger partial charge on any atom is -0.465 e. The van der Waals surface area contributed by atoms with Crippen molar-refractivity contribution in [3.05, 3.63) is 0 Å². The summed E-state index contributed by atoms with van der Waals surface area (Å²) in [6.45, 7) is 51.0. The SMILES string of the molecule is CC(C)ON1C(C)(C)CC(COC(=O)CCC(=O)OC2CC(C)(C)N(OC(C)C)C(C)(C)C2)CC1(C)C.CC(C)ON1C(C)(C)CC(OC(=O)CCCCCCCCC(=O)OC2CC(C)(C)N(OC(C)C)C(C)(C)C2)CC1(C)C. The number of hydrogen-bond acceptors (Lipinski definition) is 16. The van der Waals surface area contributed by atoms with E-state index in [0.29, 0.717) is 32.3 Å². The van der Waals surface area contributed by atoms with Gasteiger partial charge in [-0.05, 0) is 198 Å². The molecule has 4 aliphatic heterocycles. The van der Waals surface area contributed by atoms with Crippen molar-refractivity contribution in [2.45, 2.75) is 369 Å². The standard InChI is InChI=1S/C34H64N2O6.C29H54N2O6/c1-25(2)41-35-31(5,6)21-27(22-32(35,7)8)39-29(37)19-17-15-13-14-16-18-20-30(38)40-28-23-33(9,10)36(42-26(3)4)34(11,12)24-28;1-20(2)36-30-26(5,6)15-22(16-27(30,7)8)19-34-24(32)13-14-25(33)35-23-17-28(9,10)31(37-21(3)4)29(11,12)18-23/h25-28H,13-24H2,1-12H3;20-23H,13-19H2,1-12H3. The average molecular weight is 1120 g/mol. The van der Waals surface area contributed by atoms with E-state index in [9.17, 15) is 19.2 Å². The molecule has 4 saturated heterocycles. The van der Waals surface area contributed by atoms with Gasteiger partial charge in [-0.25, -0.2) is 0 Å². The number of carbonyl (C=O) groups is 4. The Hall–Kier alpha value is -2.44. The number of nitrogens with zero attached hydrogens (tertiary/aromatic N) is 4. The molecule has 0 radical (unpaired) electrons. The van der Waals surface area contributed by atoms with Crippen LogP contribution in [0.4, 0.5) is 0 Å². The molecule has 79 heavy (non-hydrogen) atoms. The van der Waals surface area contributed by atoms with Crippen molar-refractivity contribution in [1.29, 1.82) is 0 Å². The van der Waals surface area contributed by atoms with Crippen LogP contribution in [0.1, 0.15) is 282 Å². The molecule has 0 aliphatic carbocycles. The molecular formula is C63H118N4O12. The Balaban J connectivity index is 0.000000419. The summed E-state index contributed by atoms with van der Waals surface area (Å²) in [5.41, 5.74) is -1.77. The maximum Gasteiger partial charge on any atom is 0.306 e. The van der Waals surface area contributed by atoms with Gasteiger partial charge in [0, 0.05) is 95.7 Å². The first-order valence-corrected chi connectivity index (χ1v) is 30.6. The van der Waals surface area contributed by atoms with Gasteiger partial charge in [0.15, 0.2) is 0 Å². The molecule has 0 N–H and O–H groups in total. The normalized spacial score (nSPS) is 23.6. The van der Waals surface area contributed by atoms with Gasteiger partial charge in [0.25, 0.3) is 0 Å². The maximum atomic E-state index is 12.6. The lowest BCUT2D eigenvalue weighted by molar-refractivity contribution is -0.309. The molecule has 0 unspecified atom stereocenters. The van der Waals surface area contributed by atoms with Crippen LogP contribution < -0.4 is 0 Å². The average Bonchev–Trinajstić information content (AvgIpc) is 3.24. The number of rotatable bonds is 25. The second-order valence-electron chi connectivity index (χ2n) is 29.9. The van der Waals surface area contributed by atoms with Crippen molar-refractivity contribution in [3.63, 3.8) is 0 Å². The Morgan fingerprint density at radius 3 is 0.797 bits per heavy atom. The largest absolute Gasteiger partial charge is 0.465 e. The van der Waals surface area contributed by atoms with Gasteiger partial charge in [0.05, 0.1) is 43.9 Å². The quantitative estimate of drug-likeness (QED) is 0.0483. The van der Waals surface area contributed by atoms with Gasteiger partial charge in [-0.1, -0.05) is 25.7 Å². The minimum absolute atomic E-state index is 0.0278. The van der Waals surface area contributed by atoms with Crippen LogP contribution in [0.25, 0.3) is 0 Å². The number of unbranched alkanes of at least 4 members (excludes halogenated alkanes) is 5. The number of ether oxygens (including phenoxy) is 4. The number of hydrogen-bond donors (Lipinski definition) is 0. The van der Waals surface area contributed by atoms with Crippen molar-refractivity contribution in [2.24, 2.45) is 5.92 Å². The van der Waals surface area contributed by atoms with Crippen molar-refractivity contribution in [2.75, 3.05) is 6.61 Å². The Morgan fingerprint density at radius 1 is 0.329 bits per heavy atom. The fourth-order valence-electron chi connectivity index (χ4n) is 13.8. The number of carbonyl (C=O) groups excluding carboxylic acids is 4. The molecule has 0 aromatic carbocycles. The molecule has 0 amide bonds. The summed E-state index contributed by atoms with van der Waals surface area (Å²) in [6.07, 6.45) is 12.9. The third-order valence-electron chi connectivity index (χ3n) is 15.5. The lowest BCUT2D eigenvalue weighted by Crippen LogP contribution is -2.62. The van der Waals surface area contributed by atoms with Crippen LogP contribution in [0.5, 0.6) is 0 Å². The summed E-state index contributed by atoms with van der Waals surface area (Å²) in [4.78, 5) is 74.7. The molecule has 462 valence electrons. The predicted molar refractivity (Wildman–Crippen MR) is 312 cm³/mol. The topological polar surface area (TPSA) is 155 Å². The van der Waals surface area contributed by atoms with Gasteiger partial charge in [-0.15, -0.1) is 0 Å². The van der Waals surface area contributed by atoms with Gasteiger partial charge >= 0.3 is 23.9 Å². The van der Waals surface area contributed by atoms with E-state index in [1.165, 1.54) is 0 Å².